The van der Waals surface area contributed by atoms with E-state index in [4.69, 9.17) is 4.74 Å². The summed E-state index contributed by atoms with van der Waals surface area (Å²) in [5.41, 5.74) is 0. The summed E-state index contributed by atoms with van der Waals surface area (Å²) < 4.78 is 5.81. The Balaban J connectivity index is 1.73. The van der Waals surface area contributed by atoms with Crippen LogP contribution in [0.2, 0.25) is 0 Å². The van der Waals surface area contributed by atoms with E-state index >= 15 is 0 Å². The van der Waals surface area contributed by atoms with E-state index in [-0.39, 0.29) is 5.91 Å². The fraction of sp³-hybridized carbons (Fsp3) is 0.929. The van der Waals surface area contributed by atoms with Crippen molar-refractivity contribution < 1.29 is 9.53 Å². The molecular formula is C14H27N3O2. The minimum Gasteiger partial charge on any atom is -0.377 e. The number of carbonyl (C=O) groups is 1. The molecule has 0 aliphatic carbocycles. The number of amides is 1. The van der Waals surface area contributed by atoms with Crippen LogP contribution < -0.4 is 5.32 Å². The molecule has 2 aliphatic heterocycles. The molecule has 1 amide bonds. The van der Waals surface area contributed by atoms with Gasteiger partial charge in [0.1, 0.15) is 0 Å². The lowest BCUT2D eigenvalue weighted by atomic mass is 10.1. The summed E-state index contributed by atoms with van der Waals surface area (Å²) in [6.45, 7) is 9.03. The van der Waals surface area contributed by atoms with Crippen LogP contribution in [0.3, 0.4) is 0 Å². The Hall–Kier alpha value is -0.650. The highest BCUT2D eigenvalue weighted by molar-refractivity contribution is 5.78. The predicted molar refractivity (Wildman–Crippen MR) is 75.2 cm³/mol. The number of hydrogen-bond acceptors (Lipinski definition) is 4. The van der Waals surface area contributed by atoms with Crippen molar-refractivity contribution in [1.82, 2.24) is 15.1 Å². The first-order valence-corrected chi connectivity index (χ1v) is 7.62. The van der Waals surface area contributed by atoms with E-state index in [1.165, 1.54) is 0 Å². The van der Waals surface area contributed by atoms with Crippen molar-refractivity contribution in [3.8, 4) is 0 Å². The molecule has 2 aliphatic rings. The number of rotatable bonds is 5. The third-order valence-corrected chi connectivity index (χ3v) is 3.85. The summed E-state index contributed by atoms with van der Waals surface area (Å²) >= 11 is 0. The Labute approximate surface area is 116 Å². The van der Waals surface area contributed by atoms with Crippen LogP contribution >= 0.6 is 0 Å². The molecule has 0 radical (unpaired) electrons. The number of piperazine rings is 1. The Morgan fingerprint density at radius 3 is 2.84 bits per heavy atom. The van der Waals surface area contributed by atoms with Crippen LogP contribution in [0.5, 0.6) is 0 Å². The third kappa shape index (κ3) is 4.75. The quantitative estimate of drug-likeness (QED) is 0.780. The molecule has 5 heteroatoms. The highest BCUT2D eigenvalue weighted by Gasteiger charge is 2.24. The van der Waals surface area contributed by atoms with Gasteiger partial charge in [-0.05, 0) is 25.8 Å². The summed E-state index contributed by atoms with van der Waals surface area (Å²) in [7, 11) is 0. The highest BCUT2D eigenvalue weighted by Crippen LogP contribution is 2.13. The molecule has 0 saturated carbocycles. The van der Waals surface area contributed by atoms with Gasteiger partial charge in [0.15, 0.2) is 0 Å². The van der Waals surface area contributed by atoms with E-state index in [1.807, 2.05) is 4.90 Å². The second-order valence-corrected chi connectivity index (χ2v) is 5.50. The monoisotopic (exact) mass is 269 g/mol. The van der Waals surface area contributed by atoms with E-state index < -0.39 is 0 Å². The molecule has 110 valence electrons. The van der Waals surface area contributed by atoms with Crippen molar-refractivity contribution in [3.05, 3.63) is 0 Å². The fourth-order valence-corrected chi connectivity index (χ4v) is 2.78. The molecule has 2 fully saturated rings. The predicted octanol–water partition coefficient (Wildman–Crippen LogP) is 0.309. The normalized spacial score (nSPS) is 25.5. The molecule has 2 saturated heterocycles. The Kier molecular flexibility index (Phi) is 6.07. The van der Waals surface area contributed by atoms with Crippen molar-refractivity contribution in [2.45, 2.75) is 32.3 Å². The van der Waals surface area contributed by atoms with Gasteiger partial charge in [-0.15, -0.1) is 0 Å². The van der Waals surface area contributed by atoms with Gasteiger partial charge in [0.25, 0.3) is 0 Å². The van der Waals surface area contributed by atoms with Gasteiger partial charge in [0.05, 0.1) is 12.6 Å². The van der Waals surface area contributed by atoms with Crippen molar-refractivity contribution in [2.75, 3.05) is 52.4 Å². The van der Waals surface area contributed by atoms with Crippen molar-refractivity contribution in [1.29, 1.82) is 0 Å². The van der Waals surface area contributed by atoms with Gasteiger partial charge in [0.2, 0.25) is 5.91 Å². The maximum atomic E-state index is 12.2. The van der Waals surface area contributed by atoms with Gasteiger partial charge in [-0.1, -0.05) is 6.92 Å². The van der Waals surface area contributed by atoms with Gasteiger partial charge in [0, 0.05) is 39.3 Å². The van der Waals surface area contributed by atoms with Crippen LogP contribution in [0.15, 0.2) is 0 Å². The number of nitrogens with zero attached hydrogens (tertiary/aromatic N) is 2. The van der Waals surface area contributed by atoms with Crippen molar-refractivity contribution >= 4 is 5.91 Å². The smallest absolute Gasteiger partial charge is 0.236 e. The van der Waals surface area contributed by atoms with Crippen LogP contribution in [0, 0.1) is 0 Å². The largest absolute Gasteiger partial charge is 0.377 e. The fourth-order valence-electron chi connectivity index (χ4n) is 2.78. The van der Waals surface area contributed by atoms with Gasteiger partial charge >= 0.3 is 0 Å². The molecule has 0 bridgehead atoms. The van der Waals surface area contributed by atoms with E-state index in [0.717, 1.165) is 65.1 Å². The van der Waals surface area contributed by atoms with E-state index in [1.54, 1.807) is 0 Å². The maximum Gasteiger partial charge on any atom is 0.236 e. The number of nitrogens with one attached hydrogen (secondary N) is 1. The maximum absolute atomic E-state index is 12.2. The lowest BCUT2D eigenvalue weighted by Crippen LogP contribution is -2.51. The molecule has 1 N–H and O–H groups in total. The summed E-state index contributed by atoms with van der Waals surface area (Å²) in [6, 6.07) is 0. The second kappa shape index (κ2) is 7.82. The number of likely N-dealkylation sites (tertiary alicyclic amines) is 1. The minimum absolute atomic E-state index is 0.276. The van der Waals surface area contributed by atoms with Crippen LogP contribution in [-0.4, -0.2) is 74.2 Å². The zero-order valence-corrected chi connectivity index (χ0v) is 12.1. The second-order valence-electron chi connectivity index (χ2n) is 5.50. The molecule has 2 heterocycles. The number of hydrogen-bond donors (Lipinski definition) is 1. The van der Waals surface area contributed by atoms with Crippen LogP contribution in [-0.2, 0) is 9.53 Å². The minimum atomic E-state index is 0.276. The SMILES string of the molecule is CCCOC1CCCN(CC(=O)N2CCNCC2)C1. The third-order valence-electron chi connectivity index (χ3n) is 3.85. The molecule has 19 heavy (non-hydrogen) atoms. The molecule has 0 aromatic rings. The molecule has 5 nitrogen and oxygen atoms in total. The van der Waals surface area contributed by atoms with Crippen molar-refractivity contribution in [2.24, 2.45) is 0 Å². The summed E-state index contributed by atoms with van der Waals surface area (Å²) in [5.74, 6) is 0.276. The first-order valence-electron chi connectivity index (χ1n) is 7.62. The summed E-state index contributed by atoms with van der Waals surface area (Å²) in [5, 5.41) is 3.28. The van der Waals surface area contributed by atoms with Gasteiger partial charge < -0.3 is 15.0 Å². The van der Waals surface area contributed by atoms with E-state index in [9.17, 15) is 4.79 Å². The summed E-state index contributed by atoms with van der Waals surface area (Å²) in [4.78, 5) is 16.4. The van der Waals surface area contributed by atoms with Crippen LogP contribution in [0.4, 0.5) is 0 Å². The molecular weight excluding hydrogens is 242 g/mol. The van der Waals surface area contributed by atoms with Crippen LogP contribution in [0.25, 0.3) is 0 Å². The lowest BCUT2D eigenvalue weighted by Gasteiger charge is -2.34. The van der Waals surface area contributed by atoms with Crippen LogP contribution in [0.1, 0.15) is 26.2 Å². The van der Waals surface area contributed by atoms with Gasteiger partial charge in [-0.3, -0.25) is 9.69 Å². The molecule has 0 aromatic heterocycles. The molecule has 0 spiro atoms. The highest BCUT2D eigenvalue weighted by atomic mass is 16.5. The topological polar surface area (TPSA) is 44.8 Å². The average molecular weight is 269 g/mol. The van der Waals surface area contributed by atoms with Gasteiger partial charge in [-0.25, -0.2) is 0 Å². The molecule has 0 aromatic carbocycles. The summed E-state index contributed by atoms with van der Waals surface area (Å²) in [6.07, 6.45) is 3.67. The average Bonchev–Trinajstić information content (AvgIpc) is 2.46. The van der Waals surface area contributed by atoms with E-state index in [2.05, 4.69) is 17.1 Å². The zero-order chi connectivity index (χ0) is 13.5. The van der Waals surface area contributed by atoms with Gasteiger partial charge in [-0.2, -0.15) is 0 Å². The first kappa shape index (κ1) is 14.8. The van der Waals surface area contributed by atoms with Crippen molar-refractivity contribution in [3.63, 3.8) is 0 Å². The molecule has 1 atom stereocenters. The number of carbonyl (C=O) groups excluding carboxylic acids is 1. The molecule has 2 rings (SSSR count). The number of ether oxygens (including phenoxy) is 1. The standard InChI is InChI=1S/C14H27N3O2/c1-2-10-19-13-4-3-7-16(11-13)12-14(18)17-8-5-15-6-9-17/h13,15H,2-12H2,1H3. The first-order chi connectivity index (χ1) is 9.29. The Morgan fingerprint density at radius 1 is 1.32 bits per heavy atom. The molecule has 1 unspecified atom stereocenters. The Morgan fingerprint density at radius 2 is 2.11 bits per heavy atom. The lowest BCUT2D eigenvalue weighted by molar-refractivity contribution is -0.134. The zero-order valence-electron chi connectivity index (χ0n) is 12.1. The Bertz CT molecular complexity index is 280. The van der Waals surface area contributed by atoms with E-state index in [0.29, 0.717) is 12.6 Å². The number of piperidine rings is 1.